The van der Waals surface area contributed by atoms with Gasteiger partial charge in [-0.25, -0.2) is 0 Å². The molecule has 0 bridgehead atoms. The fraction of sp³-hybridized carbons (Fsp3) is 0.316. The minimum Gasteiger partial charge on any atom is -0.506 e. The summed E-state index contributed by atoms with van der Waals surface area (Å²) in [6, 6.07) is 8.80. The fourth-order valence-electron chi connectivity index (χ4n) is 2.89. The molecule has 0 saturated carbocycles. The van der Waals surface area contributed by atoms with Crippen LogP contribution in [0.5, 0.6) is 5.75 Å². The summed E-state index contributed by atoms with van der Waals surface area (Å²) >= 11 is 0. The SMILES string of the molecule is O=C(Nc1ccc(CCC(=O)N2CCCC2)cc1)c1cncc(O)c1. The lowest BCUT2D eigenvalue weighted by atomic mass is 10.1. The minimum atomic E-state index is -0.333. The van der Waals surface area contributed by atoms with Crippen molar-refractivity contribution in [2.45, 2.75) is 25.7 Å². The number of aryl methyl sites for hydroxylation is 1. The molecule has 0 aliphatic carbocycles. The van der Waals surface area contributed by atoms with Crippen molar-refractivity contribution in [1.82, 2.24) is 9.88 Å². The highest BCUT2D eigenvalue weighted by Crippen LogP contribution is 2.15. The number of pyridine rings is 1. The fourth-order valence-corrected chi connectivity index (χ4v) is 2.89. The first-order valence-corrected chi connectivity index (χ1v) is 8.44. The van der Waals surface area contributed by atoms with E-state index in [-0.39, 0.29) is 17.6 Å². The number of carbonyl (C=O) groups is 2. The molecule has 6 heteroatoms. The molecule has 0 radical (unpaired) electrons. The van der Waals surface area contributed by atoms with Gasteiger partial charge < -0.3 is 15.3 Å². The van der Waals surface area contributed by atoms with Crippen molar-refractivity contribution >= 4 is 17.5 Å². The van der Waals surface area contributed by atoms with Crippen molar-refractivity contribution in [3.05, 3.63) is 53.9 Å². The molecular weight excluding hydrogens is 318 g/mol. The molecule has 1 aliphatic heterocycles. The maximum Gasteiger partial charge on any atom is 0.257 e. The Morgan fingerprint density at radius 3 is 2.52 bits per heavy atom. The average Bonchev–Trinajstić information content (AvgIpc) is 3.15. The summed E-state index contributed by atoms with van der Waals surface area (Å²) in [7, 11) is 0. The number of amides is 2. The van der Waals surface area contributed by atoms with Gasteiger partial charge in [0.2, 0.25) is 5.91 Å². The van der Waals surface area contributed by atoms with Gasteiger partial charge in [-0.3, -0.25) is 14.6 Å². The summed E-state index contributed by atoms with van der Waals surface area (Å²) < 4.78 is 0. The molecular formula is C19H21N3O3. The molecule has 130 valence electrons. The molecule has 6 nitrogen and oxygen atoms in total. The summed E-state index contributed by atoms with van der Waals surface area (Å²) in [5.74, 6) is -0.169. The zero-order valence-electron chi connectivity index (χ0n) is 13.9. The van der Waals surface area contributed by atoms with Crippen molar-refractivity contribution in [2.24, 2.45) is 0 Å². The highest BCUT2D eigenvalue weighted by Gasteiger charge is 2.17. The Morgan fingerprint density at radius 2 is 1.84 bits per heavy atom. The van der Waals surface area contributed by atoms with Gasteiger partial charge in [0, 0.05) is 31.4 Å². The molecule has 2 aromatic rings. The Balaban J connectivity index is 1.53. The third kappa shape index (κ3) is 4.56. The number of anilines is 1. The lowest BCUT2D eigenvalue weighted by molar-refractivity contribution is -0.130. The summed E-state index contributed by atoms with van der Waals surface area (Å²) in [5.41, 5.74) is 2.01. The van der Waals surface area contributed by atoms with E-state index in [1.54, 1.807) is 0 Å². The lowest BCUT2D eigenvalue weighted by Gasteiger charge is -2.15. The van der Waals surface area contributed by atoms with E-state index in [0.717, 1.165) is 31.5 Å². The Morgan fingerprint density at radius 1 is 1.12 bits per heavy atom. The van der Waals surface area contributed by atoms with Crippen LogP contribution in [-0.4, -0.2) is 39.9 Å². The second kappa shape index (κ2) is 7.79. The Labute approximate surface area is 146 Å². The number of aromatic nitrogens is 1. The van der Waals surface area contributed by atoms with Gasteiger partial charge in [0.25, 0.3) is 5.91 Å². The Hall–Kier alpha value is -2.89. The van der Waals surface area contributed by atoms with Gasteiger partial charge in [-0.05, 0) is 43.0 Å². The quantitative estimate of drug-likeness (QED) is 0.877. The zero-order chi connectivity index (χ0) is 17.6. The van der Waals surface area contributed by atoms with Crippen molar-refractivity contribution < 1.29 is 14.7 Å². The molecule has 25 heavy (non-hydrogen) atoms. The van der Waals surface area contributed by atoms with Crippen LogP contribution in [0.2, 0.25) is 0 Å². The minimum absolute atomic E-state index is 0.0503. The van der Waals surface area contributed by atoms with Crippen molar-refractivity contribution in [3.8, 4) is 5.75 Å². The van der Waals surface area contributed by atoms with Crippen molar-refractivity contribution in [3.63, 3.8) is 0 Å². The second-order valence-electron chi connectivity index (χ2n) is 6.17. The van der Waals surface area contributed by atoms with E-state index in [1.807, 2.05) is 29.2 Å². The zero-order valence-corrected chi connectivity index (χ0v) is 13.9. The van der Waals surface area contributed by atoms with Crippen LogP contribution in [0.3, 0.4) is 0 Å². The van der Waals surface area contributed by atoms with Crippen LogP contribution in [0.4, 0.5) is 5.69 Å². The van der Waals surface area contributed by atoms with Crippen LogP contribution in [0.25, 0.3) is 0 Å². The summed E-state index contributed by atoms with van der Waals surface area (Å²) in [4.78, 5) is 29.9. The van der Waals surface area contributed by atoms with Crippen LogP contribution in [0, 0.1) is 0 Å². The first-order chi connectivity index (χ1) is 12.1. The van der Waals surface area contributed by atoms with Crippen LogP contribution in [0.15, 0.2) is 42.7 Å². The van der Waals surface area contributed by atoms with E-state index >= 15 is 0 Å². The Bertz CT molecular complexity index is 753. The molecule has 1 saturated heterocycles. The van der Waals surface area contributed by atoms with Gasteiger partial charge in [-0.2, -0.15) is 0 Å². The van der Waals surface area contributed by atoms with E-state index in [9.17, 15) is 14.7 Å². The lowest BCUT2D eigenvalue weighted by Crippen LogP contribution is -2.27. The number of rotatable bonds is 5. The molecule has 2 amide bonds. The standard InChI is InChI=1S/C19H21N3O3/c23-17-11-15(12-20-13-17)19(25)21-16-6-3-14(4-7-16)5-8-18(24)22-9-1-2-10-22/h3-4,6-7,11-13,23H,1-2,5,8-10H2,(H,21,25). The van der Waals surface area contributed by atoms with E-state index in [0.29, 0.717) is 24.1 Å². The maximum absolute atomic E-state index is 12.1. The van der Waals surface area contributed by atoms with Gasteiger partial charge >= 0.3 is 0 Å². The van der Waals surface area contributed by atoms with E-state index in [2.05, 4.69) is 10.3 Å². The normalized spacial score (nSPS) is 13.7. The predicted molar refractivity (Wildman–Crippen MR) is 94.4 cm³/mol. The van der Waals surface area contributed by atoms with Crippen molar-refractivity contribution in [2.75, 3.05) is 18.4 Å². The highest BCUT2D eigenvalue weighted by atomic mass is 16.3. The summed E-state index contributed by atoms with van der Waals surface area (Å²) in [6.45, 7) is 1.77. The van der Waals surface area contributed by atoms with Crippen LogP contribution < -0.4 is 5.32 Å². The first-order valence-electron chi connectivity index (χ1n) is 8.44. The largest absolute Gasteiger partial charge is 0.506 e. The van der Waals surface area contributed by atoms with Gasteiger partial charge in [0.1, 0.15) is 5.75 Å². The third-order valence-corrected chi connectivity index (χ3v) is 4.28. The monoisotopic (exact) mass is 339 g/mol. The molecule has 1 aromatic carbocycles. The molecule has 1 fully saturated rings. The van der Waals surface area contributed by atoms with Crippen LogP contribution >= 0.6 is 0 Å². The third-order valence-electron chi connectivity index (χ3n) is 4.28. The van der Waals surface area contributed by atoms with Gasteiger partial charge in [-0.1, -0.05) is 12.1 Å². The topological polar surface area (TPSA) is 82.5 Å². The molecule has 3 rings (SSSR count). The number of benzene rings is 1. The van der Waals surface area contributed by atoms with E-state index in [4.69, 9.17) is 0 Å². The smallest absolute Gasteiger partial charge is 0.257 e. The van der Waals surface area contributed by atoms with E-state index in [1.165, 1.54) is 18.5 Å². The summed E-state index contributed by atoms with van der Waals surface area (Å²) in [6.07, 6.45) is 6.09. The van der Waals surface area contributed by atoms with Crippen LogP contribution in [0.1, 0.15) is 35.2 Å². The highest BCUT2D eigenvalue weighted by molar-refractivity contribution is 6.04. The van der Waals surface area contributed by atoms with Gasteiger partial charge in [0.15, 0.2) is 0 Å². The molecule has 0 unspecified atom stereocenters. The number of nitrogens with zero attached hydrogens (tertiary/aromatic N) is 2. The molecule has 0 atom stereocenters. The average molecular weight is 339 g/mol. The van der Waals surface area contributed by atoms with Gasteiger partial charge in [0.05, 0.1) is 11.8 Å². The summed E-state index contributed by atoms with van der Waals surface area (Å²) in [5, 5.41) is 12.1. The number of aromatic hydroxyl groups is 1. The van der Waals surface area contributed by atoms with Crippen LogP contribution in [-0.2, 0) is 11.2 Å². The molecule has 1 aliphatic rings. The second-order valence-corrected chi connectivity index (χ2v) is 6.17. The van der Waals surface area contributed by atoms with E-state index < -0.39 is 0 Å². The number of hydrogen-bond donors (Lipinski definition) is 2. The number of nitrogens with one attached hydrogen (secondary N) is 1. The number of hydrogen-bond acceptors (Lipinski definition) is 4. The predicted octanol–water partition coefficient (Wildman–Crippen LogP) is 2.59. The number of carbonyl (C=O) groups excluding carboxylic acids is 2. The molecule has 1 aromatic heterocycles. The molecule has 0 spiro atoms. The Kier molecular flexibility index (Phi) is 5.28. The van der Waals surface area contributed by atoms with Gasteiger partial charge in [-0.15, -0.1) is 0 Å². The first kappa shape index (κ1) is 17.0. The number of likely N-dealkylation sites (tertiary alicyclic amines) is 1. The van der Waals surface area contributed by atoms with Crippen molar-refractivity contribution in [1.29, 1.82) is 0 Å². The molecule has 2 N–H and O–H groups in total. The maximum atomic E-state index is 12.1. The molecule has 2 heterocycles.